The van der Waals surface area contributed by atoms with E-state index in [-0.39, 0.29) is 12.5 Å². The quantitative estimate of drug-likeness (QED) is 0.882. The van der Waals surface area contributed by atoms with Crippen LogP contribution in [0.1, 0.15) is 32.1 Å². The molecule has 1 heterocycles. The van der Waals surface area contributed by atoms with E-state index in [9.17, 15) is 9.59 Å². The fraction of sp³-hybridized carbons (Fsp3) is 0.294. The van der Waals surface area contributed by atoms with Crippen LogP contribution in [-0.4, -0.2) is 23.6 Å². The lowest BCUT2D eigenvalue weighted by molar-refractivity contribution is -0.139. The first-order valence-corrected chi connectivity index (χ1v) is 8.23. The highest BCUT2D eigenvalue weighted by atomic mass is 32.1. The number of carboxylic acid groups (broad SMARTS) is 1. The van der Waals surface area contributed by atoms with E-state index in [0.29, 0.717) is 11.4 Å². The summed E-state index contributed by atoms with van der Waals surface area (Å²) in [6, 6.07) is 7.08. The van der Waals surface area contributed by atoms with E-state index in [1.807, 2.05) is 13.0 Å². The molecule has 0 saturated heterocycles. The first-order valence-electron chi connectivity index (χ1n) is 7.41. The van der Waals surface area contributed by atoms with Gasteiger partial charge in [-0.3, -0.25) is 4.79 Å². The summed E-state index contributed by atoms with van der Waals surface area (Å²) < 4.78 is 5.12. The summed E-state index contributed by atoms with van der Waals surface area (Å²) >= 11 is 1.57. The van der Waals surface area contributed by atoms with Crippen molar-refractivity contribution in [3.63, 3.8) is 0 Å². The molecule has 0 aliphatic heterocycles. The van der Waals surface area contributed by atoms with Crippen LogP contribution in [0.25, 0.3) is 0 Å². The maximum Gasteiger partial charge on any atom is 0.341 e. The van der Waals surface area contributed by atoms with Crippen molar-refractivity contribution < 1.29 is 19.4 Å². The van der Waals surface area contributed by atoms with Crippen molar-refractivity contribution in [2.45, 2.75) is 26.2 Å². The van der Waals surface area contributed by atoms with Crippen molar-refractivity contribution in [3.05, 3.63) is 45.1 Å². The number of hydrogen-bond acceptors (Lipinski definition) is 4. The Hall–Kier alpha value is -2.34. The third-order valence-electron chi connectivity index (χ3n) is 3.78. The minimum atomic E-state index is -1.02. The number of carbonyl (C=O) groups excluding carboxylic acids is 1. The van der Waals surface area contributed by atoms with Gasteiger partial charge in [-0.15, -0.1) is 11.3 Å². The standard InChI is InChI=1S/C17H17NO4S/c1-10-7-12(22-9-16(19)20)5-6-13(10)18-17(21)15-8-11-3-2-4-14(11)23-15/h5-8H,2-4,9H2,1H3,(H,18,21)(H,19,20). The van der Waals surface area contributed by atoms with Gasteiger partial charge in [-0.05, 0) is 61.6 Å². The van der Waals surface area contributed by atoms with Crippen LogP contribution in [0.15, 0.2) is 24.3 Å². The van der Waals surface area contributed by atoms with Crippen molar-refractivity contribution in [2.75, 3.05) is 11.9 Å². The van der Waals surface area contributed by atoms with Crippen molar-refractivity contribution in [1.29, 1.82) is 0 Å². The number of fused-ring (bicyclic) bond motifs is 1. The number of anilines is 1. The molecule has 1 aliphatic rings. The first-order chi connectivity index (χ1) is 11.0. The summed E-state index contributed by atoms with van der Waals surface area (Å²) in [5.41, 5.74) is 2.82. The second-order valence-electron chi connectivity index (χ2n) is 5.53. The molecule has 1 aliphatic carbocycles. The molecule has 0 atom stereocenters. The molecular formula is C17H17NO4S. The van der Waals surface area contributed by atoms with E-state index in [4.69, 9.17) is 9.84 Å². The molecule has 3 rings (SSSR count). The highest BCUT2D eigenvalue weighted by Gasteiger charge is 2.18. The zero-order valence-corrected chi connectivity index (χ0v) is 13.5. The highest BCUT2D eigenvalue weighted by molar-refractivity contribution is 7.14. The average molecular weight is 331 g/mol. The van der Waals surface area contributed by atoms with Gasteiger partial charge in [0.25, 0.3) is 5.91 Å². The topological polar surface area (TPSA) is 75.6 Å². The Kier molecular flexibility index (Phi) is 4.34. The van der Waals surface area contributed by atoms with Crippen LogP contribution in [0.4, 0.5) is 5.69 Å². The van der Waals surface area contributed by atoms with E-state index >= 15 is 0 Å². The number of carboxylic acids is 1. The van der Waals surface area contributed by atoms with Gasteiger partial charge in [0.1, 0.15) is 5.75 Å². The molecule has 0 saturated carbocycles. The lowest BCUT2D eigenvalue weighted by Gasteiger charge is -2.10. The maximum atomic E-state index is 12.4. The van der Waals surface area contributed by atoms with Crippen molar-refractivity contribution >= 4 is 28.9 Å². The van der Waals surface area contributed by atoms with E-state index < -0.39 is 5.97 Å². The third kappa shape index (κ3) is 3.53. The molecule has 2 aromatic rings. The second kappa shape index (κ2) is 6.42. The molecule has 0 unspecified atom stereocenters. The molecule has 1 amide bonds. The molecule has 0 radical (unpaired) electrons. The molecule has 2 N–H and O–H groups in total. The molecule has 0 fully saturated rings. The van der Waals surface area contributed by atoms with Gasteiger partial charge in [0.05, 0.1) is 4.88 Å². The van der Waals surface area contributed by atoms with Crippen LogP contribution >= 0.6 is 11.3 Å². The number of nitrogens with one attached hydrogen (secondary N) is 1. The van der Waals surface area contributed by atoms with Crippen molar-refractivity contribution in [2.24, 2.45) is 0 Å². The number of aliphatic carboxylic acids is 1. The highest BCUT2D eigenvalue weighted by Crippen LogP contribution is 2.31. The van der Waals surface area contributed by atoms with Gasteiger partial charge in [0.15, 0.2) is 6.61 Å². The number of hydrogen-bond donors (Lipinski definition) is 2. The number of aryl methyl sites for hydroxylation is 3. The van der Waals surface area contributed by atoms with Crippen LogP contribution in [0.3, 0.4) is 0 Å². The van der Waals surface area contributed by atoms with Gasteiger partial charge in [0.2, 0.25) is 0 Å². The minimum absolute atomic E-state index is 0.105. The first kappa shape index (κ1) is 15.6. The summed E-state index contributed by atoms with van der Waals surface area (Å²) in [6.07, 6.45) is 3.32. The van der Waals surface area contributed by atoms with Gasteiger partial charge in [0, 0.05) is 10.6 Å². The summed E-state index contributed by atoms with van der Waals surface area (Å²) in [6.45, 7) is 1.46. The second-order valence-corrected chi connectivity index (χ2v) is 6.66. The number of amides is 1. The van der Waals surface area contributed by atoms with Gasteiger partial charge < -0.3 is 15.2 Å². The Bertz CT molecular complexity index is 744. The lowest BCUT2D eigenvalue weighted by atomic mass is 10.2. The largest absolute Gasteiger partial charge is 0.482 e. The molecule has 1 aromatic heterocycles. The lowest BCUT2D eigenvalue weighted by Crippen LogP contribution is -2.12. The summed E-state index contributed by atoms with van der Waals surface area (Å²) in [7, 11) is 0. The predicted octanol–water partition coefficient (Wildman–Crippen LogP) is 3.26. The Labute approximate surface area is 137 Å². The summed E-state index contributed by atoms with van der Waals surface area (Å²) in [4.78, 5) is 24.9. The maximum absolute atomic E-state index is 12.4. The molecule has 5 nitrogen and oxygen atoms in total. The van der Waals surface area contributed by atoms with Crippen LogP contribution in [0, 0.1) is 6.92 Å². The Morgan fingerprint density at radius 1 is 1.30 bits per heavy atom. The fourth-order valence-corrected chi connectivity index (χ4v) is 3.78. The zero-order valence-electron chi connectivity index (χ0n) is 12.7. The van der Waals surface area contributed by atoms with Crippen LogP contribution < -0.4 is 10.1 Å². The Balaban J connectivity index is 1.69. The number of thiophene rings is 1. The SMILES string of the molecule is Cc1cc(OCC(=O)O)ccc1NC(=O)c1cc2c(s1)CCC2. The number of carbonyl (C=O) groups is 2. The third-order valence-corrected chi connectivity index (χ3v) is 5.01. The summed E-state index contributed by atoms with van der Waals surface area (Å²) in [5, 5.41) is 11.5. The molecular weight excluding hydrogens is 314 g/mol. The molecule has 23 heavy (non-hydrogen) atoms. The molecule has 120 valence electrons. The van der Waals surface area contributed by atoms with Crippen molar-refractivity contribution in [3.8, 4) is 5.75 Å². The predicted molar refractivity (Wildman–Crippen MR) is 88.6 cm³/mol. The van der Waals surface area contributed by atoms with Crippen LogP contribution in [0.2, 0.25) is 0 Å². The molecule has 0 bridgehead atoms. The summed E-state index contributed by atoms with van der Waals surface area (Å²) in [5.74, 6) is -0.657. The van der Waals surface area contributed by atoms with Gasteiger partial charge in [-0.25, -0.2) is 4.79 Å². The van der Waals surface area contributed by atoms with Gasteiger partial charge >= 0.3 is 5.97 Å². The van der Waals surface area contributed by atoms with E-state index in [2.05, 4.69) is 5.32 Å². The van der Waals surface area contributed by atoms with Gasteiger partial charge in [-0.2, -0.15) is 0 Å². The van der Waals surface area contributed by atoms with Crippen molar-refractivity contribution in [1.82, 2.24) is 0 Å². The van der Waals surface area contributed by atoms with E-state index in [0.717, 1.165) is 23.3 Å². The Morgan fingerprint density at radius 3 is 2.83 bits per heavy atom. The van der Waals surface area contributed by atoms with Gasteiger partial charge in [-0.1, -0.05) is 0 Å². The Morgan fingerprint density at radius 2 is 2.13 bits per heavy atom. The normalized spacial score (nSPS) is 12.7. The fourth-order valence-electron chi connectivity index (χ4n) is 2.64. The smallest absolute Gasteiger partial charge is 0.341 e. The molecule has 6 heteroatoms. The van der Waals surface area contributed by atoms with E-state index in [1.54, 1.807) is 29.5 Å². The molecule has 1 aromatic carbocycles. The zero-order chi connectivity index (χ0) is 16.4. The molecule has 0 spiro atoms. The monoisotopic (exact) mass is 331 g/mol. The minimum Gasteiger partial charge on any atom is -0.482 e. The van der Waals surface area contributed by atoms with Crippen LogP contribution in [-0.2, 0) is 17.6 Å². The number of rotatable bonds is 5. The number of ether oxygens (including phenoxy) is 1. The number of benzene rings is 1. The van der Waals surface area contributed by atoms with E-state index in [1.165, 1.54) is 16.9 Å². The van der Waals surface area contributed by atoms with Crippen LogP contribution in [0.5, 0.6) is 5.75 Å². The average Bonchev–Trinajstić information content (AvgIpc) is 3.08.